The Labute approximate surface area is 137 Å². The van der Waals surface area contributed by atoms with Crippen molar-refractivity contribution in [1.82, 2.24) is 4.98 Å². The van der Waals surface area contributed by atoms with E-state index in [1.165, 1.54) is 11.3 Å². The number of para-hydroxylation sites is 1. The minimum Gasteiger partial charge on any atom is -0.412 e. The molecule has 114 valence electrons. The maximum Gasteiger partial charge on any atom is 0.230 e. The minimum absolute atomic E-state index is 0. The summed E-state index contributed by atoms with van der Waals surface area (Å²) >= 11 is 7.51. The zero-order chi connectivity index (χ0) is 14.8. The van der Waals surface area contributed by atoms with Crippen LogP contribution in [0.5, 0.6) is 0 Å². The van der Waals surface area contributed by atoms with Crippen LogP contribution in [0.15, 0.2) is 42.5 Å². The van der Waals surface area contributed by atoms with Gasteiger partial charge < -0.3 is 10.8 Å². The number of benzene rings is 2. The van der Waals surface area contributed by atoms with Crippen LogP contribution in [0.3, 0.4) is 0 Å². The van der Waals surface area contributed by atoms with Crippen molar-refractivity contribution in [3.05, 3.63) is 58.6 Å². The smallest absolute Gasteiger partial charge is 0.230 e. The lowest BCUT2D eigenvalue weighted by molar-refractivity contribution is -0.115. The van der Waals surface area contributed by atoms with Crippen LogP contribution in [-0.4, -0.2) is 16.4 Å². The van der Waals surface area contributed by atoms with E-state index in [0.29, 0.717) is 16.6 Å². The molecule has 0 spiro atoms. The van der Waals surface area contributed by atoms with Crippen molar-refractivity contribution in [3.8, 4) is 0 Å². The van der Waals surface area contributed by atoms with E-state index in [0.717, 1.165) is 21.3 Å². The third kappa shape index (κ3) is 3.62. The molecule has 0 saturated carbocycles. The van der Waals surface area contributed by atoms with Gasteiger partial charge in [0.25, 0.3) is 0 Å². The minimum atomic E-state index is -0.0734. The Kier molecular flexibility index (Phi) is 5.13. The van der Waals surface area contributed by atoms with Gasteiger partial charge in [0.2, 0.25) is 5.91 Å². The Hall–Kier alpha value is -1.95. The topological polar surface area (TPSA) is 73.5 Å². The summed E-state index contributed by atoms with van der Waals surface area (Å²) in [4.78, 5) is 16.4. The van der Waals surface area contributed by atoms with Crippen molar-refractivity contribution >= 4 is 44.2 Å². The van der Waals surface area contributed by atoms with Crippen LogP contribution < -0.4 is 5.32 Å². The number of anilines is 1. The lowest BCUT2D eigenvalue weighted by Crippen LogP contribution is -2.14. The summed E-state index contributed by atoms with van der Waals surface area (Å²) in [6.07, 6.45) is 0.339. The fourth-order valence-corrected chi connectivity index (χ4v) is 3.32. The van der Waals surface area contributed by atoms with Crippen LogP contribution in [0.2, 0.25) is 5.02 Å². The first-order valence-electron chi connectivity index (χ1n) is 6.52. The molecule has 3 N–H and O–H groups in total. The average molecular weight is 335 g/mol. The van der Waals surface area contributed by atoms with E-state index >= 15 is 0 Å². The summed E-state index contributed by atoms with van der Waals surface area (Å²) in [7, 11) is 0. The number of nitrogens with one attached hydrogen (secondary N) is 1. The number of aryl methyl sites for hydroxylation is 1. The largest absolute Gasteiger partial charge is 0.412 e. The number of hydrogen-bond acceptors (Lipinski definition) is 3. The second kappa shape index (κ2) is 6.87. The first-order valence-corrected chi connectivity index (χ1v) is 7.72. The van der Waals surface area contributed by atoms with Crippen LogP contribution in [0.1, 0.15) is 11.1 Å². The number of hydrogen-bond donors (Lipinski definition) is 1. The Morgan fingerprint density at radius 3 is 2.77 bits per heavy atom. The normalized spacial score (nSPS) is 10.3. The summed E-state index contributed by atoms with van der Waals surface area (Å²) in [5.74, 6) is -0.0734. The van der Waals surface area contributed by atoms with E-state index < -0.39 is 0 Å². The molecule has 6 heteroatoms. The van der Waals surface area contributed by atoms with E-state index in [4.69, 9.17) is 11.6 Å². The average Bonchev–Trinajstić information content (AvgIpc) is 2.82. The highest BCUT2D eigenvalue weighted by molar-refractivity contribution is 7.22. The number of amides is 1. The fourth-order valence-electron chi connectivity index (χ4n) is 2.14. The molecule has 22 heavy (non-hydrogen) atoms. The van der Waals surface area contributed by atoms with Crippen molar-refractivity contribution in [1.29, 1.82) is 0 Å². The first-order chi connectivity index (χ1) is 10.1. The molecule has 0 aliphatic rings. The number of fused-ring (bicyclic) bond motifs is 1. The standard InChI is InChI=1S/C16H13ClN2OS.H2O/c1-10-4-2-5-11(8-10)9-14(20)18-16-19-15-12(17)6-3-7-13(15)21-16;/h2-8H,9H2,1H3,(H,18,19,20);1H2. The lowest BCUT2D eigenvalue weighted by Gasteiger charge is -2.02. The summed E-state index contributed by atoms with van der Waals surface area (Å²) in [6, 6.07) is 13.5. The molecule has 3 rings (SSSR count). The van der Waals surface area contributed by atoms with Crippen LogP contribution in [0, 0.1) is 6.92 Å². The third-order valence-corrected chi connectivity index (χ3v) is 4.30. The van der Waals surface area contributed by atoms with E-state index in [2.05, 4.69) is 10.3 Å². The van der Waals surface area contributed by atoms with Crippen LogP contribution >= 0.6 is 22.9 Å². The quantitative estimate of drug-likeness (QED) is 0.794. The number of aromatic nitrogens is 1. The predicted molar refractivity (Wildman–Crippen MR) is 91.8 cm³/mol. The number of halogens is 1. The highest BCUT2D eigenvalue weighted by Crippen LogP contribution is 2.30. The Balaban J connectivity index is 0.00000176. The summed E-state index contributed by atoms with van der Waals surface area (Å²) in [6.45, 7) is 2.01. The van der Waals surface area contributed by atoms with Gasteiger partial charge in [-0.1, -0.05) is 58.8 Å². The Bertz CT molecular complexity index is 817. The maximum atomic E-state index is 12.1. The summed E-state index contributed by atoms with van der Waals surface area (Å²) < 4.78 is 0.966. The number of rotatable bonds is 3. The van der Waals surface area contributed by atoms with Gasteiger partial charge in [-0.25, -0.2) is 4.98 Å². The molecule has 1 heterocycles. The molecule has 3 aromatic rings. The third-order valence-electron chi connectivity index (χ3n) is 3.06. The van der Waals surface area contributed by atoms with Crippen LogP contribution in [0.25, 0.3) is 10.2 Å². The zero-order valence-electron chi connectivity index (χ0n) is 11.9. The fraction of sp³-hybridized carbons (Fsp3) is 0.125. The van der Waals surface area contributed by atoms with Crippen molar-refractivity contribution in [2.24, 2.45) is 0 Å². The molecule has 0 fully saturated rings. The van der Waals surface area contributed by atoms with Crippen molar-refractivity contribution in [3.63, 3.8) is 0 Å². The second-order valence-electron chi connectivity index (χ2n) is 4.82. The van der Waals surface area contributed by atoms with E-state index in [1.54, 1.807) is 6.07 Å². The molecule has 0 saturated heterocycles. The first kappa shape index (κ1) is 16.4. The highest BCUT2D eigenvalue weighted by Gasteiger charge is 2.10. The van der Waals surface area contributed by atoms with Gasteiger partial charge in [-0.3, -0.25) is 4.79 Å². The molecule has 4 nitrogen and oxygen atoms in total. The molecule has 0 unspecified atom stereocenters. The van der Waals surface area contributed by atoms with Gasteiger partial charge in [-0.15, -0.1) is 0 Å². The molecule has 0 bridgehead atoms. The monoisotopic (exact) mass is 334 g/mol. The van der Waals surface area contributed by atoms with Gasteiger partial charge in [-0.05, 0) is 24.6 Å². The molecule has 2 aromatic carbocycles. The van der Waals surface area contributed by atoms with E-state index in [9.17, 15) is 4.79 Å². The summed E-state index contributed by atoms with van der Waals surface area (Å²) in [5.41, 5.74) is 2.87. The SMILES string of the molecule is Cc1cccc(CC(=O)Nc2nc3c(Cl)cccc3s2)c1.O. The van der Waals surface area contributed by atoms with Gasteiger partial charge in [-0.2, -0.15) is 0 Å². The summed E-state index contributed by atoms with van der Waals surface area (Å²) in [5, 5.41) is 4.02. The molecular weight excluding hydrogens is 320 g/mol. The number of thiazole rings is 1. The lowest BCUT2D eigenvalue weighted by atomic mass is 10.1. The van der Waals surface area contributed by atoms with Crippen molar-refractivity contribution in [2.75, 3.05) is 5.32 Å². The van der Waals surface area contributed by atoms with Gasteiger partial charge in [0.1, 0.15) is 5.52 Å². The maximum absolute atomic E-state index is 12.1. The number of carbonyl (C=O) groups excluding carboxylic acids is 1. The highest BCUT2D eigenvalue weighted by atomic mass is 35.5. The Morgan fingerprint density at radius 1 is 1.27 bits per heavy atom. The van der Waals surface area contributed by atoms with E-state index in [-0.39, 0.29) is 11.4 Å². The van der Waals surface area contributed by atoms with Gasteiger partial charge in [0.15, 0.2) is 5.13 Å². The van der Waals surface area contributed by atoms with Gasteiger partial charge in [0, 0.05) is 0 Å². The molecular formula is C16H15ClN2O2S. The van der Waals surface area contributed by atoms with Crippen LogP contribution in [0.4, 0.5) is 5.13 Å². The van der Waals surface area contributed by atoms with Gasteiger partial charge >= 0.3 is 0 Å². The number of nitrogens with zero attached hydrogens (tertiary/aromatic N) is 1. The molecule has 1 amide bonds. The zero-order valence-corrected chi connectivity index (χ0v) is 13.5. The van der Waals surface area contributed by atoms with Crippen LogP contribution in [-0.2, 0) is 11.2 Å². The van der Waals surface area contributed by atoms with Gasteiger partial charge in [0.05, 0.1) is 16.1 Å². The molecule has 0 radical (unpaired) electrons. The predicted octanol–water partition coefficient (Wildman–Crippen LogP) is 3.61. The van der Waals surface area contributed by atoms with E-state index in [1.807, 2.05) is 43.3 Å². The van der Waals surface area contributed by atoms with Crippen molar-refractivity contribution in [2.45, 2.75) is 13.3 Å². The van der Waals surface area contributed by atoms with Crippen molar-refractivity contribution < 1.29 is 10.3 Å². The molecule has 0 aliphatic heterocycles. The molecule has 0 atom stereocenters. The number of carbonyl (C=O) groups is 1. The second-order valence-corrected chi connectivity index (χ2v) is 6.26. The molecule has 1 aromatic heterocycles. The molecule has 0 aliphatic carbocycles. The Morgan fingerprint density at radius 2 is 2.05 bits per heavy atom.